The molecule has 0 unspecified atom stereocenters. The van der Waals surface area contributed by atoms with Gasteiger partial charge in [0.15, 0.2) is 11.6 Å². The van der Waals surface area contributed by atoms with Gasteiger partial charge in [0.2, 0.25) is 5.91 Å². The van der Waals surface area contributed by atoms with Crippen LogP contribution in [-0.2, 0) is 14.3 Å². The lowest BCUT2D eigenvalue weighted by Crippen LogP contribution is -2.27. The largest absolute Gasteiger partial charge is 0.384 e. The minimum absolute atomic E-state index is 0.0224. The number of hydrogen-bond donors (Lipinski definition) is 3. The number of nitrogens with one attached hydrogen (secondary N) is 2. The Labute approximate surface area is 177 Å². The molecule has 2 rings (SSSR count). The molecule has 0 atom stereocenters. The summed E-state index contributed by atoms with van der Waals surface area (Å²) in [7, 11) is 0. The van der Waals surface area contributed by atoms with Crippen LogP contribution in [0.4, 0.5) is 5.69 Å². The molecular weight excluding hydrogens is 386 g/mol. The first kappa shape index (κ1) is 24.0. The number of nitrogens with two attached hydrogens (primary N) is 1. The SMILES string of the molecule is NCCOCCOCCNC(=O)CCCCCCNc1cccc2c1C(=O)CC2=O. The third-order valence-electron chi connectivity index (χ3n) is 4.81. The maximum absolute atomic E-state index is 12.0. The summed E-state index contributed by atoms with van der Waals surface area (Å²) in [5.41, 5.74) is 7.12. The fourth-order valence-electron chi connectivity index (χ4n) is 3.31. The number of benzene rings is 1. The average molecular weight is 420 g/mol. The molecule has 0 radical (unpaired) electrons. The molecule has 1 aromatic carbocycles. The summed E-state index contributed by atoms with van der Waals surface area (Å²) in [6.07, 6.45) is 4.23. The number of carbonyl (C=O) groups excluding carboxylic acids is 3. The molecular formula is C22H33N3O5. The zero-order valence-corrected chi connectivity index (χ0v) is 17.5. The zero-order chi connectivity index (χ0) is 21.6. The molecule has 0 bridgehead atoms. The van der Waals surface area contributed by atoms with E-state index in [1.807, 2.05) is 6.07 Å². The van der Waals surface area contributed by atoms with E-state index in [4.69, 9.17) is 15.2 Å². The number of ether oxygens (including phenoxy) is 2. The Kier molecular flexibility index (Phi) is 11.1. The topological polar surface area (TPSA) is 120 Å². The molecule has 0 spiro atoms. The summed E-state index contributed by atoms with van der Waals surface area (Å²) >= 11 is 0. The van der Waals surface area contributed by atoms with Crippen molar-refractivity contribution < 1.29 is 23.9 Å². The number of anilines is 1. The van der Waals surface area contributed by atoms with Crippen molar-refractivity contribution >= 4 is 23.2 Å². The Balaban J connectivity index is 1.46. The Morgan fingerprint density at radius 2 is 1.70 bits per heavy atom. The van der Waals surface area contributed by atoms with Crippen molar-refractivity contribution in [3.8, 4) is 0 Å². The lowest BCUT2D eigenvalue weighted by Gasteiger charge is -2.10. The highest BCUT2D eigenvalue weighted by Gasteiger charge is 2.29. The molecule has 0 aliphatic heterocycles. The molecule has 1 aliphatic carbocycles. The molecule has 8 heteroatoms. The Hall–Kier alpha value is -2.29. The second kappa shape index (κ2) is 13.8. The minimum atomic E-state index is -0.102. The van der Waals surface area contributed by atoms with Crippen LogP contribution in [0.15, 0.2) is 18.2 Å². The van der Waals surface area contributed by atoms with Crippen molar-refractivity contribution in [1.82, 2.24) is 5.32 Å². The van der Waals surface area contributed by atoms with Crippen LogP contribution < -0.4 is 16.4 Å². The van der Waals surface area contributed by atoms with Crippen molar-refractivity contribution in [2.24, 2.45) is 5.73 Å². The number of amides is 1. The van der Waals surface area contributed by atoms with Crippen molar-refractivity contribution in [3.63, 3.8) is 0 Å². The van der Waals surface area contributed by atoms with Gasteiger partial charge in [-0.15, -0.1) is 0 Å². The minimum Gasteiger partial charge on any atom is -0.384 e. The van der Waals surface area contributed by atoms with E-state index < -0.39 is 0 Å². The van der Waals surface area contributed by atoms with Crippen LogP contribution >= 0.6 is 0 Å². The van der Waals surface area contributed by atoms with E-state index in [9.17, 15) is 14.4 Å². The lowest BCUT2D eigenvalue weighted by molar-refractivity contribution is -0.121. The number of unbranched alkanes of at least 4 members (excludes halogenated alkanes) is 3. The Bertz CT molecular complexity index is 708. The summed E-state index contributed by atoms with van der Waals surface area (Å²) in [5.74, 6) is -0.159. The summed E-state index contributed by atoms with van der Waals surface area (Å²) in [6, 6.07) is 5.36. The van der Waals surface area contributed by atoms with Gasteiger partial charge in [0, 0.05) is 37.3 Å². The first-order valence-electron chi connectivity index (χ1n) is 10.7. The predicted octanol–water partition coefficient (Wildman–Crippen LogP) is 1.93. The molecule has 0 aromatic heterocycles. The van der Waals surface area contributed by atoms with E-state index in [1.54, 1.807) is 12.1 Å². The van der Waals surface area contributed by atoms with Gasteiger partial charge in [0.05, 0.1) is 38.4 Å². The molecule has 1 aliphatic rings. The van der Waals surface area contributed by atoms with Gasteiger partial charge in [0.25, 0.3) is 0 Å². The third kappa shape index (κ3) is 8.22. The highest BCUT2D eigenvalue weighted by atomic mass is 16.5. The highest BCUT2D eigenvalue weighted by molar-refractivity contribution is 6.26. The van der Waals surface area contributed by atoms with Gasteiger partial charge >= 0.3 is 0 Å². The smallest absolute Gasteiger partial charge is 0.220 e. The van der Waals surface area contributed by atoms with Crippen molar-refractivity contribution in [3.05, 3.63) is 29.3 Å². The van der Waals surface area contributed by atoms with Crippen molar-refractivity contribution in [2.75, 3.05) is 51.4 Å². The van der Waals surface area contributed by atoms with Gasteiger partial charge in [-0.3, -0.25) is 14.4 Å². The average Bonchev–Trinajstić information content (AvgIpc) is 3.03. The monoisotopic (exact) mass is 419 g/mol. The molecule has 0 fully saturated rings. The molecule has 1 amide bonds. The van der Waals surface area contributed by atoms with Crippen LogP contribution in [0.3, 0.4) is 0 Å². The normalized spacial score (nSPS) is 12.8. The van der Waals surface area contributed by atoms with E-state index >= 15 is 0 Å². The van der Waals surface area contributed by atoms with E-state index in [-0.39, 0.29) is 23.9 Å². The van der Waals surface area contributed by atoms with E-state index in [1.165, 1.54) is 0 Å². The third-order valence-corrected chi connectivity index (χ3v) is 4.81. The number of carbonyl (C=O) groups is 3. The van der Waals surface area contributed by atoms with Gasteiger partial charge in [-0.1, -0.05) is 25.0 Å². The molecule has 0 saturated heterocycles. The zero-order valence-electron chi connectivity index (χ0n) is 17.5. The van der Waals surface area contributed by atoms with Gasteiger partial charge in [-0.2, -0.15) is 0 Å². The van der Waals surface area contributed by atoms with Crippen LogP contribution in [0.2, 0.25) is 0 Å². The second-order valence-corrected chi connectivity index (χ2v) is 7.21. The van der Waals surface area contributed by atoms with E-state index in [0.29, 0.717) is 57.1 Å². The molecule has 0 heterocycles. The summed E-state index contributed by atoms with van der Waals surface area (Å²) < 4.78 is 10.5. The molecule has 1 aromatic rings. The fourth-order valence-corrected chi connectivity index (χ4v) is 3.31. The van der Waals surface area contributed by atoms with Crippen LogP contribution in [0.1, 0.15) is 59.2 Å². The molecule has 166 valence electrons. The molecule has 8 nitrogen and oxygen atoms in total. The molecule has 4 N–H and O–H groups in total. The number of ketones is 2. The Morgan fingerprint density at radius 3 is 2.50 bits per heavy atom. The summed E-state index contributed by atoms with van der Waals surface area (Å²) in [5, 5.41) is 6.11. The van der Waals surface area contributed by atoms with Gasteiger partial charge in [-0.25, -0.2) is 0 Å². The lowest BCUT2D eigenvalue weighted by atomic mass is 10.1. The van der Waals surface area contributed by atoms with Gasteiger partial charge < -0.3 is 25.8 Å². The van der Waals surface area contributed by atoms with Crippen LogP contribution in [-0.4, -0.2) is 63.5 Å². The quantitative estimate of drug-likeness (QED) is 0.277. The van der Waals surface area contributed by atoms with Gasteiger partial charge in [0.1, 0.15) is 0 Å². The van der Waals surface area contributed by atoms with Gasteiger partial charge in [-0.05, 0) is 18.9 Å². The van der Waals surface area contributed by atoms with Crippen molar-refractivity contribution in [2.45, 2.75) is 38.5 Å². The maximum Gasteiger partial charge on any atom is 0.220 e. The Morgan fingerprint density at radius 1 is 0.933 bits per heavy atom. The number of hydrogen-bond acceptors (Lipinski definition) is 7. The van der Waals surface area contributed by atoms with Crippen LogP contribution in [0.25, 0.3) is 0 Å². The molecule has 30 heavy (non-hydrogen) atoms. The van der Waals surface area contributed by atoms with E-state index in [2.05, 4.69) is 10.6 Å². The van der Waals surface area contributed by atoms with Crippen LogP contribution in [0, 0.1) is 0 Å². The number of Topliss-reactive ketones (excluding diaryl/α,β-unsaturated/α-hetero) is 2. The predicted molar refractivity (Wildman–Crippen MR) is 115 cm³/mol. The van der Waals surface area contributed by atoms with Crippen molar-refractivity contribution in [1.29, 1.82) is 0 Å². The van der Waals surface area contributed by atoms with E-state index in [0.717, 1.165) is 37.9 Å². The fraction of sp³-hybridized carbons (Fsp3) is 0.591. The summed E-state index contributed by atoms with van der Waals surface area (Å²) in [6.45, 7) is 3.76. The number of fused-ring (bicyclic) bond motifs is 1. The second-order valence-electron chi connectivity index (χ2n) is 7.21. The summed E-state index contributed by atoms with van der Waals surface area (Å²) in [4.78, 5) is 35.5. The first-order chi connectivity index (χ1) is 14.6. The molecule has 0 saturated carbocycles. The standard InChI is InChI=1S/C22H33N3O5/c23-9-12-29-14-15-30-13-11-25-21(28)8-3-1-2-4-10-24-18-7-5-6-17-19(26)16-20(27)22(17)18/h5-7,24H,1-4,8-16,23H2,(H,25,28). The first-order valence-corrected chi connectivity index (χ1v) is 10.7. The van der Waals surface area contributed by atoms with Crippen LogP contribution in [0.5, 0.6) is 0 Å². The highest BCUT2D eigenvalue weighted by Crippen LogP contribution is 2.28. The number of rotatable bonds is 16. The maximum atomic E-state index is 12.0.